The van der Waals surface area contributed by atoms with Crippen molar-refractivity contribution in [2.45, 2.75) is 46.8 Å². The summed E-state index contributed by atoms with van der Waals surface area (Å²) in [4.78, 5) is 6.90. The molecule has 9 nitrogen and oxygen atoms in total. The summed E-state index contributed by atoms with van der Waals surface area (Å²) in [6.45, 7) is 9.69. The van der Waals surface area contributed by atoms with E-state index in [1.165, 1.54) is 5.56 Å². The second-order valence-corrected chi connectivity index (χ2v) is 7.67. The van der Waals surface area contributed by atoms with Crippen LogP contribution in [0.3, 0.4) is 0 Å². The Kier molecular flexibility index (Phi) is 6.84. The molecule has 3 rings (SSSR count). The molecule has 0 atom stereocenters. The van der Waals surface area contributed by atoms with Crippen LogP contribution >= 0.6 is 0 Å². The van der Waals surface area contributed by atoms with Crippen LogP contribution in [0.2, 0.25) is 0 Å². The van der Waals surface area contributed by atoms with Crippen molar-refractivity contribution in [1.29, 1.82) is 0 Å². The molecule has 31 heavy (non-hydrogen) atoms. The number of aromatic nitrogens is 4. The van der Waals surface area contributed by atoms with Crippen LogP contribution < -0.4 is 14.2 Å². The molecule has 168 valence electrons. The van der Waals surface area contributed by atoms with E-state index >= 15 is 0 Å². The van der Waals surface area contributed by atoms with Crippen LogP contribution in [-0.2, 0) is 20.1 Å². The molecule has 0 fully saturated rings. The minimum atomic E-state index is 0.282. The summed E-state index contributed by atoms with van der Waals surface area (Å²) < 4.78 is 23.9. The smallest absolute Gasteiger partial charge is 0.241 e. The monoisotopic (exact) mass is 429 g/mol. The largest absolute Gasteiger partial charge is 0.493 e. The third kappa shape index (κ3) is 4.51. The van der Waals surface area contributed by atoms with Crippen LogP contribution in [0, 0.1) is 13.8 Å². The summed E-state index contributed by atoms with van der Waals surface area (Å²) in [5, 5.41) is 8.70. The average Bonchev–Trinajstić information content (AvgIpc) is 3.31. The van der Waals surface area contributed by atoms with Gasteiger partial charge in [0.1, 0.15) is 0 Å². The first-order chi connectivity index (χ1) is 14.8. The van der Waals surface area contributed by atoms with Crippen LogP contribution in [0.4, 0.5) is 0 Å². The van der Waals surface area contributed by atoms with Gasteiger partial charge in [-0.25, -0.2) is 0 Å². The highest BCUT2D eigenvalue weighted by Crippen LogP contribution is 2.43. The lowest BCUT2D eigenvalue weighted by molar-refractivity contribution is 0.176. The van der Waals surface area contributed by atoms with Crippen molar-refractivity contribution >= 4 is 0 Å². The molecule has 0 N–H and O–H groups in total. The highest BCUT2D eigenvalue weighted by Gasteiger charge is 2.23. The molecule has 9 heteroatoms. The fourth-order valence-electron chi connectivity index (χ4n) is 3.55. The first kappa shape index (κ1) is 22.6. The van der Waals surface area contributed by atoms with Crippen molar-refractivity contribution in [2.75, 3.05) is 21.3 Å². The van der Waals surface area contributed by atoms with E-state index in [4.69, 9.17) is 18.7 Å². The third-order valence-corrected chi connectivity index (χ3v) is 5.50. The number of benzene rings is 1. The summed E-state index contributed by atoms with van der Waals surface area (Å²) in [5.74, 6) is 2.52. The summed E-state index contributed by atoms with van der Waals surface area (Å²) in [7, 11) is 6.68. The second kappa shape index (κ2) is 9.38. The van der Waals surface area contributed by atoms with Gasteiger partial charge < -0.3 is 18.7 Å². The van der Waals surface area contributed by atoms with Crippen LogP contribution in [-0.4, -0.2) is 52.2 Å². The first-order valence-corrected chi connectivity index (χ1v) is 10.2. The number of nitrogens with zero attached hydrogens (tertiary/aromatic N) is 5. The van der Waals surface area contributed by atoms with Crippen LogP contribution in [0.25, 0.3) is 11.4 Å². The Morgan fingerprint density at radius 3 is 2.29 bits per heavy atom. The molecule has 0 unspecified atom stereocenters. The Balaban J connectivity index is 1.87. The molecule has 2 heterocycles. The Morgan fingerprint density at radius 2 is 1.74 bits per heavy atom. The van der Waals surface area contributed by atoms with Crippen molar-refractivity contribution in [3.8, 4) is 28.6 Å². The molecule has 0 spiro atoms. The number of hydrogen-bond acceptors (Lipinski definition) is 8. The topological polar surface area (TPSA) is 87.7 Å². The molecule has 0 aliphatic carbocycles. The molecule has 0 aliphatic heterocycles. The maximum atomic E-state index is 5.58. The number of ether oxygens (including phenoxy) is 3. The van der Waals surface area contributed by atoms with Gasteiger partial charge in [0.25, 0.3) is 0 Å². The third-order valence-electron chi connectivity index (χ3n) is 5.50. The second-order valence-electron chi connectivity index (χ2n) is 7.67. The average molecular weight is 430 g/mol. The van der Waals surface area contributed by atoms with E-state index in [9.17, 15) is 0 Å². The number of hydrogen-bond donors (Lipinski definition) is 0. The van der Waals surface area contributed by atoms with E-state index in [-0.39, 0.29) is 6.04 Å². The van der Waals surface area contributed by atoms with Gasteiger partial charge in [0.2, 0.25) is 17.5 Å². The lowest BCUT2D eigenvalue weighted by Crippen LogP contribution is -2.30. The van der Waals surface area contributed by atoms with Crippen molar-refractivity contribution in [3.63, 3.8) is 0 Å². The lowest BCUT2D eigenvalue weighted by atomic mass is 10.1. The van der Waals surface area contributed by atoms with Crippen LogP contribution in [0.15, 0.2) is 16.7 Å². The summed E-state index contributed by atoms with van der Waals surface area (Å²) >= 11 is 0. The quantitative estimate of drug-likeness (QED) is 0.511. The van der Waals surface area contributed by atoms with Crippen LogP contribution in [0.1, 0.15) is 36.7 Å². The van der Waals surface area contributed by atoms with Gasteiger partial charge in [0.05, 0.1) is 39.1 Å². The van der Waals surface area contributed by atoms with Crippen molar-refractivity contribution in [3.05, 3.63) is 35.0 Å². The number of methoxy groups -OCH3 is 3. The van der Waals surface area contributed by atoms with Gasteiger partial charge in [0, 0.05) is 30.9 Å². The van der Waals surface area contributed by atoms with Crippen molar-refractivity contribution in [2.24, 2.45) is 7.05 Å². The van der Waals surface area contributed by atoms with Gasteiger partial charge in [0.15, 0.2) is 11.5 Å². The van der Waals surface area contributed by atoms with Gasteiger partial charge in [-0.15, -0.1) is 0 Å². The predicted molar refractivity (Wildman–Crippen MR) is 116 cm³/mol. The molecule has 0 saturated carbocycles. The Morgan fingerprint density at radius 1 is 1.03 bits per heavy atom. The molecule has 1 aromatic carbocycles. The number of rotatable bonds is 9. The van der Waals surface area contributed by atoms with Crippen molar-refractivity contribution in [1.82, 2.24) is 24.8 Å². The molecular formula is C22H31N5O4. The number of aryl methyl sites for hydroxylation is 2. The standard InChI is InChI=1S/C22H31N5O4/c1-13(2)27(11-17-14(3)24-26(5)15(17)4)12-19-23-22(25-31-19)16-9-10-18(28-6)21(30-8)20(16)29-7/h9-10,13H,11-12H2,1-8H3. The molecular weight excluding hydrogens is 398 g/mol. The molecule has 0 bridgehead atoms. The summed E-state index contributed by atoms with van der Waals surface area (Å²) in [6, 6.07) is 3.91. The summed E-state index contributed by atoms with van der Waals surface area (Å²) in [6.07, 6.45) is 0. The van der Waals surface area contributed by atoms with E-state index in [1.54, 1.807) is 27.4 Å². The van der Waals surface area contributed by atoms with Gasteiger partial charge in [-0.2, -0.15) is 10.1 Å². The Hall–Kier alpha value is -3.07. The minimum Gasteiger partial charge on any atom is -0.493 e. The predicted octanol–water partition coefficient (Wildman–Crippen LogP) is 3.52. The van der Waals surface area contributed by atoms with E-state index in [0.717, 1.165) is 17.9 Å². The van der Waals surface area contributed by atoms with Gasteiger partial charge in [-0.3, -0.25) is 9.58 Å². The molecule has 0 aliphatic rings. The van der Waals surface area contributed by atoms with E-state index in [1.807, 2.05) is 24.7 Å². The zero-order valence-electron chi connectivity index (χ0n) is 19.5. The highest BCUT2D eigenvalue weighted by atomic mass is 16.5. The zero-order valence-corrected chi connectivity index (χ0v) is 19.5. The molecule has 3 aromatic rings. The SMILES string of the molecule is COc1ccc(-c2noc(CN(Cc3c(C)nn(C)c3C)C(C)C)n2)c(OC)c1OC. The Bertz CT molecular complexity index is 1040. The van der Waals surface area contributed by atoms with E-state index in [0.29, 0.717) is 41.1 Å². The molecule has 2 aromatic heterocycles. The van der Waals surface area contributed by atoms with E-state index < -0.39 is 0 Å². The van der Waals surface area contributed by atoms with Crippen molar-refractivity contribution < 1.29 is 18.7 Å². The normalized spacial score (nSPS) is 11.4. The maximum Gasteiger partial charge on any atom is 0.241 e. The van der Waals surface area contributed by atoms with Gasteiger partial charge >= 0.3 is 0 Å². The minimum absolute atomic E-state index is 0.282. The molecule has 0 saturated heterocycles. The van der Waals surface area contributed by atoms with Crippen LogP contribution in [0.5, 0.6) is 17.2 Å². The fraction of sp³-hybridized carbons (Fsp3) is 0.500. The molecule has 0 radical (unpaired) electrons. The fourth-order valence-corrected chi connectivity index (χ4v) is 3.55. The first-order valence-electron chi connectivity index (χ1n) is 10.2. The van der Waals surface area contributed by atoms with Gasteiger partial charge in [-0.05, 0) is 39.8 Å². The highest BCUT2D eigenvalue weighted by molar-refractivity contribution is 5.72. The van der Waals surface area contributed by atoms with E-state index in [2.05, 4.69) is 40.9 Å². The zero-order chi connectivity index (χ0) is 22.7. The molecule has 0 amide bonds. The lowest BCUT2D eigenvalue weighted by Gasteiger charge is -2.24. The maximum absolute atomic E-state index is 5.58. The van der Waals surface area contributed by atoms with Gasteiger partial charge in [-0.1, -0.05) is 5.16 Å². The Labute approximate surface area is 182 Å². The summed E-state index contributed by atoms with van der Waals surface area (Å²) in [5.41, 5.74) is 4.08.